The van der Waals surface area contributed by atoms with Gasteiger partial charge in [0.25, 0.3) is 0 Å². The number of aliphatic imine (C=N–C) groups is 1. The molecule has 176 valence electrons. The molecule has 0 aromatic heterocycles. The SMILES string of the molecule is CN=C(NCCC(=O)NC1CCCCC1)NCc1ccc(COCC(F)(F)F)cc1.I. The molecule has 0 saturated heterocycles. The topological polar surface area (TPSA) is 74.8 Å². The minimum absolute atomic E-state index is 0. The van der Waals surface area contributed by atoms with Gasteiger partial charge in [0.1, 0.15) is 6.61 Å². The molecule has 1 aromatic rings. The quantitative estimate of drug-likeness (QED) is 0.245. The molecule has 0 spiro atoms. The summed E-state index contributed by atoms with van der Waals surface area (Å²) in [5.74, 6) is 0.631. The molecule has 0 unspecified atom stereocenters. The van der Waals surface area contributed by atoms with Gasteiger partial charge in [-0.1, -0.05) is 43.5 Å². The van der Waals surface area contributed by atoms with Crippen molar-refractivity contribution in [1.82, 2.24) is 16.0 Å². The van der Waals surface area contributed by atoms with E-state index in [9.17, 15) is 18.0 Å². The van der Waals surface area contributed by atoms with Gasteiger partial charge in [0.2, 0.25) is 5.91 Å². The average Bonchev–Trinajstić information content (AvgIpc) is 2.71. The lowest BCUT2D eigenvalue weighted by molar-refractivity contribution is -0.176. The lowest BCUT2D eigenvalue weighted by Crippen LogP contribution is -2.41. The minimum atomic E-state index is -4.32. The van der Waals surface area contributed by atoms with E-state index >= 15 is 0 Å². The van der Waals surface area contributed by atoms with Gasteiger partial charge >= 0.3 is 6.18 Å². The summed E-state index contributed by atoms with van der Waals surface area (Å²) in [7, 11) is 1.65. The molecule has 1 fully saturated rings. The largest absolute Gasteiger partial charge is 0.411 e. The molecule has 2 rings (SSSR count). The molecule has 0 aliphatic heterocycles. The van der Waals surface area contributed by atoms with Crippen LogP contribution >= 0.6 is 24.0 Å². The fourth-order valence-corrected chi connectivity index (χ4v) is 3.29. The van der Waals surface area contributed by atoms with E-state index in [1.807, 2.05) is 12.1 Å². The molecule has 3 N–H and O–H groups in total. The van der Waals surface area contributed by atoms with Crippen LogP contribution in [0, 0.1) is 0 Å². The summed E-state index contributed by atoms with van der Waals surface area (Å²) in [5, 5.41) is 9.35. The molecule has 6 nitrogen and oxygen atoms in total. The minimum Gasteiger partial charge on any atom is -0.367 e. The Bertz CT molecular complexity index is 678. The van der Waals surface area contributed by atoms with Crippen LogP contribution in [0.1, 0.15) is 49.7 Å². The molecule has 10 heteroatoms. The lowest BCUT2D eigenvalue weighted by Gasteiger charge is -2.22. The van der Waals surface area contributed by atoms with E-state index in [1.165, 1.54) is 19.3 Å². The first-order chi connectivity index (χ1) is 14.4. The zero-order chi connectivity index (χ0) is 21.8. The number of rotatable bonds is 9. The Labute approximate surface area is 198 Å². The van der Waals surface area contributed by atoms with Crippen molar-refractivity contribution in [3.05, 3.63) is 35.4 Å². The number of nitrogens with one attached hydrogen (secondary N) is 3. The molecule has 0 heterocycles. The number of halogens is 4. The van der Waals surface area contributed by atoms with Crippen molar-refractivity contribution < 1.29 is 22.7 Å². The smallest absolute Gasteiger partial charge is 0.367 e. The summed E-state index contributed by atoms with van der Waals surface area (Å²) >= 11 is 0. The van der Waals surface area contributed by atoms with Gasteiger partial charge in [-0.05, 0) is 24.0 Å². The van der Waals surface area contributed by atoms with Gasteiger partial charge in [-0.2, -0.15) is 13.2 Å². The van der Waals surface area contributed by atoms with E-state index in [4.69, 9.17) is 0 Å². The monoisotopic (exact) mass is 556 g/mol. The van der Waals surface area contributed by atoms with Gasteiger partial charge in [0, 0.05) is 32.6 Å². The molecule has 1 saturated carbocycles. The fourth-order valence-electron chi connectivity index (χ4n) is 3.29. The second-order valence-electron chi connectivity index (χ2n) is 7.43. The van der Waals surface area contributed by atoms with Crippen LogP contribution in [0.4, 0.5) is 13.2 Å². The van der Waals surface area contributed by atoms with Crippen LogP contribution in [0.15, 0.2) is 29.3 Å². The Hall–Kier alpha value is -1.56. The van der Waals surface area contributed by atoms with Gasteiger partial charge in [0.15, 0.2) is 5.96 Å². The van der Waals surface area contributed by atoms with E-state index in [2.05, 4.69) is 25.7 Å². The molecule has 0 bridgehead atoms. The number of carbonyl (C=O) groups is 1. The van der Waals surface area contributed by atoms with Crippen LogP contribution in [0.25, 0.3) is 0 Å². The number of carbonyl (C=O) groups excluding carboxylic acids is 1. The number of amides is 1. The summed E-state index contributed by atoms with van der Waals surface area (Å²) in [6.07, 6.45) is 1.81. The van der Waals surface area contributed by atoms with E-state index in [-0.39, 0.29) is 36.5 Å². The number of hydrogen-bond donors (Lipinski definition) is 3. The maximum Gasteiger partial charge on any atom is 0.411 e. The molecule has 1 aliphatic carbocycles. The first-order valence-electron chi connectivity index (χ1n) is 10.3. The van der Waals surface area contributed by atoms with Crippen LogP contribution in [-0.4, -0.2) is 44.3 Å². The third-order valence-electron chi connectivity index (χ3n) is 4.86. The first-order valence-corrected chi connectivity index (χ1v) is 10.3. The van der Waals surface area contributed by atoms with Crippen LogP contribution in [0.3, 0.4) is 0 Å². The summed E-state index contributed by atoms with van der Waals surface area (Å²) in [4.78, 5) is 16.2. The third kappa shape index (κ3) is 12.2. The maximum atomic E-state index is 12.1. The standard InChI is InChI=1S/C21H31F3N4O2.HI/c1-25-20(26-12-11-19(29)28-18-5-3-2-4-6-18)27-13-16-7-9-17(10-8-16)14-30-15-21(22,23)24;/h7-10,18H,2-6,11-15H2,1H3,(H,28,29)(H2,25,26,27);1H. The fraction of sp³-hybridized carbons (Fsp3) is 0.619. The Morgan fingerprint density at radius 3 is 2.35 bits per heavy atom. The van der Waals surface area contributed by atoms with Gasteiger partial charge in [-0.3, -0.25) is 9.79 Å². The second kappa shape index (κ2) is 14.5. The molecule has 31 heavy (non-hydrogen) atoms. The predicted molar refractivity (Wildman–Crippen MR) is 125 cm³/mol. The van der Waals surface area contributed by atoms with Crippen molar-refractivity contribution in [2.75, 3.05) is 20.2 Å². The summed E-state index contributed by atoms with van der Waals surface area (Å²) in [6.45, 7) is -0.359. The number of ether oxygens (including phenoxy) is 1. The summed E-state index contributed by atoms with van der Waals surface area (Å²) in [6, 6.07) is 7.43. The van der Waals surface area contributed by atoms with Crippen molar-refractivity contribution in [3.8, 4) is 0 Å². The predicted octanol–water partition coefficient (Wildman–Crippen LogP) is 3.89. The number of guanidine groups is 1. The molecule has 0 radical (unpaired) electrons. The zero-order valence-electron chi connectivity index (χ0n) is 17.8. The molecule has 1 aromatic carbocycles. The average molecular weight is 556 g/mol. The molecular formula is C21H32F3IN4O2. The highest BCUT2D eigenvalue weighted by atomic mass is 127. The lowest BCUT2D eigenvalue weighted by atomic mass is 9.95. The van der Waals surface area contributed by atoms with Crippen LogP contribution in [-0.2, 0) is 22.7 Å². The Morgan fingerprint density at radius 2 is 1.74 bits per heavy atom. The van der Waals surface area contributed by atoms with Crippen molar-refractivity contribution in [3.63, 3.8) is 0 Å². The number of alkyl halides is 3. The van der Waals surface area contributed by atoms with Crippen molar-refractivity contribution in [2.45, 2.75) is 63.9 Å². The zero-order valence-corrected chi connectivity index (χ0v) is 20.1. The molecular weight excluding hydrogens is 524 g/mol. The van der Waals surface area contributed by atoms with Crippen LogP contribution < -0.4 is 16.0 Å². The Morgan fingerprint density at radius 1 is 1.10 bits per heavy atom. The van der Waals surface area contributed by atoms with Crippen molar-refractivity contribution >= 4 is 35.8 Å². The van der Waals surface area contributed by atoms with Crippen molar-refractivity contribution in [2.24, 2.45) is 4.99 Å². The second-order valence-corrected chi connectivity index (χ2v) is 7.43. The van der Waals surface area contributed by atoms with Gasteiger partial charge in [-0.25, -0.2) is 0 Å². The van der Waals surface area contributed by atoms with Crippen LogP contribution in [0.5, 0.6) is 0 Å². The number of nitrogens with zero attached hydrogens (tertiary/aromatic N) is 1. The van der Waals surface area contributed by atoms with E-state index in [0.29, 0.717) is 37.1 Å². The van der Waals surface area contributed by atoms with Crippen LogP contribution in [0.2, 0.25) is 0 Å². The van der Waals surface area contributed by atoms with Gasteiger partial charge in [0.05, 0.1) is 6.61 Å². The molecule has 0 atom stereocenters. The molecule has 1 aliphatic rings. The van der Waals surface area contributed by atoms with E-state index < -0.39 is 12.8 Å². The summed E-state index contributed by atoms with van der Waals surface area (Å²) < 4.78 is 40.9. The molecule has 1 amide bonds. The van der Waals surface area contributed by atoms with E-state index in [1.54, 1.807) is 19.2 Å². The van der Waals surface area contributed by atoms with Crippen molar-refractivity contribution in [1.29, 1.82) is 0 Å². The van der Waals surface area contributed by atoms with Gasteiger partial charge in [-0.15, -0.1) is 24.0 Å². The highest BCUT2D eigenvalue weighted by molar-refractivity contribution is 14.0. The maximum absolute atomic E-state index is 12.1. The highest BCUT2D eigenvalue weighted by Gasteiger charge is 2.27. The van der Waals surface area contributed by atoms with Gasteiger partial charge < -0.3 is 20.7 Å². The highest BCUT2D eigenvalue weighted by Crippen LogP contribution is 2.17. The Kier molecular flexibility index (Phi) is 12.8. The number of benzene rings is 1. The third-order valence-corrected chi connectivity index (χ3v) is 4.86. The van der Waals surface area contributed by atoms with E-state index in [0.717, 1.165) is 18.4 Å². The number of hydrogen-bond acceptors (Lipinski definition) is 3. The Balaban J connectivity index is 0.00000480. The first kappa shape index (κ1) is 27.5. The summed E-state index contributed by atoms with van der Waals surface area (Å²) in [5.41, 5.74) is 1.63. The normalized spacial score (nSPS) is 15.2.